The third-order valence-corrected chi connectivity index (χ3v) is 4.14. The highest BCUT2D eigenvalue weighted by Crippen LogP contribution is 2.30. The summed E-state index contributed by atoms with van der Waals surface area (Å²) in [6.07, 6.45) is 1.65. The van der Waals surface area contributed by atoms with Crippen LogP contribution in [0.3, 0.4) is 0 Å². The van der Waals surface area contributed by atoms with Crippen LogP contribution in [0.15, 0.2) is 66.9 Å². The number of para-hydroxylation sites is 1. The number of carbonyl (C=O) groups excluding carboxylic acids is 1. The van der Waals surface area contributed by atoms with E-state index in [2.05, 4.69) is 10.2 Å². The third kappa shape index (κ3) is 2.68. The smallest absolute Gasteiger partial charge is 0.265 e. The van der Waals surface area contributed by atoms with Crippen molar-refractivity contribution >= 4 is 28.4 Å². The molecule has 6 heteroatoms. The molecule has 0 N–H and O–H groups in total. The van der Waals surface area contributed by atoms with E-state index < -0.39 is 11.7 Å². The Labute approximate surface area is 147 Å². The number of benzene rings is 2. The Hall–Kier alpha value is -3.05. The van der Waals surface area contributed by atoms with E-state index in [0.717, 1.165) is 10.9 Å². The molecule has 0 fully saturated rings. The Morgan fingerprint density at radius 2 is 1.72 bits per heavy atom. The van der Waals surface area contributed by atoms with Crippen LogP contribution in [0.25, 0.3) is 22.2 Å². The van der Waals surface area contributed by atoms with Gasteiger partial charge in [0.05, 0.1) is 16.8 Å². The summed E-state index contributed by atoms with van der Waals surface area (Å²) >= 11 is 5.80. The van der Waals surface area contributed by atoms with E-state index in [0.29, 0.717) is 11.2 Å². The molecule has 0 atom stereocenters. The highest BCUT2D eigenvalue weighted by atomic mass is 35.5. The van der Waals surface area contributed by atoms with E-state index >= 15 is 0 Å². The molecular formula is C19H11ClFN3O. The van der Waals surface area contributed by atoms with E-state index in [-0.39, 0.29) is 10.7 Å². The highest BCUT2D eigenvalue weighted by Gasteiger charge is 2.19. The van der Waals surface area contributed by atoms with Gasteiger partial charge in [-0.1, -0.05) is 41.9 Å². The first-order valence-electron chi connectivity index (χ1n) is 7.54. The second-order valence-electron chi connectivity index (χ2n) is 5.46. The number of nitrogens with zero attached hydrogens (tertiary/aromatic N) is 3. The van der Waals surface area contributed by atoms with Gasteiger partial charge in [-0.3, -0.25) is 9.36 Å². The molecule has 0 radical (unpaired) electrons. The maximum atomic E-state index is 14.0. The Bertz CT molecular complexity index is 1090. The summed E-state index contributed by atoms with van der Waals surface area (Å²) in [6.45, 7) is 0. The predicted molar refractivity (Wildman–Crippen MR) is 94.1 cm³/mol. The van der Waals surface area contributed by atoms with Crippen LogP contribution < -0.4 is 0 Å². The molecule has 0 aliphatic heterocycles. The van der Waals surface area contributed by atoms with Gasteiger partial charge in [0.25, 0.3) is 5.91 Å². The molecule has 0 saturated heterocycles. The Balaban J connectivity index is 1.92. The summed E-state index contributed by atoms with van der Waals surface area (Å²) < 4.78 is 15.5. The van der Waals surface area contributed by atoms with Crippen LogP contribution in [-0.4, -0.2) is 20.7 Å². The Kier molecular flexibility index (Phi) is 3.78. The van der Waals surface area contributed by atoms with Gasteiger partial charge in [-0.15, -0.1) is 10.2 Å². The van der Waals surface area contributed by atoms with Gasteiger partial charge in [0.2, 0.25) is 0 Å². The van der Waals surface area contributed by atoms with Crippen LogP contribution in [0.1, 0.15) is 10.4 Å². The average molecular weight is 352 g/mol. The van der Waals surface area contributed by atoms with Crippen LogP contribution in [0.4, 0.5) is 4.39 Å². The topological polar surface area (TPSA) is 47.8 Å². The van der Waals surface area contributed by atoms with Crippen LogP contribution >= 0.6 is 11.6 Å². The zero-order chi connectivity index (χ0) is 17.4. The second-order valence-corrected chi connectivity index (χ2v) is 5.84. The third-order valence-electron chi connectivity index (χ3n) is 3.94. The minimum atomic E-state index is -0.557. The fourth-order valence-electron chi connectivity index (χ4n) is 2.78. The number of fused-ring (bicyclic) bond motifs is 1. The van der Waals surface area contributed by atoms with Crippen molar-refractivity contribution in [1.82, 2.24) is 14.8 Å². The standard InChI is InChI=1S/C19H11ClFN3O/c20-18-10-9-16(22-23-18)14-11-24(17-8-4-2-5-12(14)17)19(25)13-6-1-3-7-15(13)21/h1-11H. The monoisotopic (exact) mass is 351 g/mol. The van der Waals surface area contributed by atoms with E-state index in [4.69, 9.17) is 11.6 Å². The first-order chi connectivity index (χ1) is 12.1. The zero-order valence-corrected chi connectivity index (χ0v) is 13.6. The molecule has 4 rings (SSSR count). The molecule has 0 amide bonds. The summed E-state index contributed by atoms with van der Waals surface area (Å²) in [6, 6.07) is 16.7. The van der Waals surface area contributed by atoms with Gasteiger partial charge in [-0.05, 0) is 30.3 Å². The van der Waals surface area contributed by atoms with E-state index in [1.807, 2.05) is 18.2 Å². The van der Waals surface area contributed by atoms with Crippen molar-refractivity contribution < 1.29 is 9.18 Å². The number of hydrogen-bond acceptors (Lipinski definition) is 3. The second kappa shape index (κ2) is 6.11. The lowest BCUT2D eigenvalue weighted by molar-refractivity contribution is 0.0961. The van der Waals surface area contributed by atoms with Crippen molar-refractivity contribution in [3.8, 4) is 11.3 Å². The van der Waals surface area contributed by atoms with Crippen molar-refractivity contribution in [3.05, 3.63) is 83.4 Å². The first kappa shape index (κ1) is 15.5. The van der Waals surface area contributed by atoms with Crippen LogP contribution in [0.5, 0.6) is 0 Å². The molecule has 0 unspecified atom stereocenters. The largest absolute Gasteiger partial charge is 0.282 e. The molecule has 4 nitrogen and oxygen atoms in total. The van der Waals surface area contributed by atoms with Crippen molar-refractivity contribution in [2.24, 2.45) is 0 Å². The van der Waals surface area contributed by atoms with Crippen LogP contribution in [0.2, 0.25) is 5.15 Å². The van der Waals surface area contributed by atoms with E-state index in [1.54, 1.807) is 36.5 Å². The molecule has 122 valence electrons. The average Bonchev–Trinajstić information content (AvgIpc) is 3.02. The quantitative estimate of drug-likeness (QED) is 0.531. The molecule has 2 aromatic heterocycles. The molecule has 2 heterocycles. The fraction of sp³-hybridized carbons (Fsp3) is 0. The lowest BCUT2D eigenvalue weighted by Gasteiger charge is -2.04. The van der Waals surface area contributed by atoms with Crippen molar-refractivity contribution in [3.63, 3.8) is 0 Å². The number of hydrogen-bond donors (Lipinski definition) is 0. The van der Waals surface area contributed by atoms with Gasteiger partial charge < -0.3 is 0 Å². The predicted octanol–water partition coefficient (Wildman–Crippen LogP) is 4.58. The van der Waals surface area contributed by atoms with Gasteiger partial charge in [0.1, 0.15) is 5.82 Å². The van der Waals surface area contributed by atoms with Crippen molar-refractivity contribution in [1.29, 1.82) is 0 Å². The first-order valence-corrected chi connectivity index (χ1v) is 7.92. The minimum Gasteiger partial charge on any atom is -0.282 e. The van der Waals surface area contributed by atoms with Gasteiger partial charge in [-0.2, -0.15) is 0 Å². The van der Waals surface area contributed by atoms with E-state index in [9.17, 15) is 9.18 Å². The lowest BCUT2D eigenvalue weighted by Crippen LogP contribution is -2.12. The minimum absolute atomic E-state index is 0.0111. The van der Waals surface area contributed by atoms with Crippen LogP contribution in [0, 0.1) is 5.82 Å². The van der Waals surface area contributed by atoms with Crippen molar-refractivity contribution in [2.75, 3.05) is 0 Å². The lowest BCUT2D eigenvalue weighted by atomic mass is 10.1. The maximum absolute atomic E-state index is 14.0. The van der Waals surface area contributed by atoms with Gasteiger partial charge in [-0.25, -0.2) is 4.39 Å². The molecule has 0 bridgehead atoms. The van der Waals surface area contributed by atoms with E-state index in [1.165, 1.54) is 16.7 Å². The Morgan fingerprint density at radius 1 is 0.960 bits per heavy atom. The summed E-state index contributed by atoms with van der Waals surface area (Å²) in [5.41, 5.74) is 1.99. The normalized spacial score (nSPS) is 11.0. The van der Waals surface area contributed by atoms with Gasteiger partial charge in [0.15, 0.2) is 5.15 Å². The highest BCUT2D eigenvalue weighted by molar-refractivity contribution is 6.29. The molecular weight excluding hydrogens is 341 g/mol. The summed E-state index contributed by atoms with van der Waals surface area (Å²) in [7, 11) is 0. The fourth-order valence-corrected chi connectivity index (χ4v) is 2.88. The summed E-state index contributed by atoms with van der Waals surface area (Å²) in [4.78, 5) is 12.8. The number of rotatable bonds is 2. The number of halogens is 2. The molecule has 0 aliphatic rings. The molecule has 0 aliphatic carbocycles. The summed E-state index contributed by atoms with van der Waals surface area (Å²) in [5, 5.41) is 9.04. The molecule has 0 saturated carbocycles. The number of aromatic nitrogens is 3. The molecule has 4 aromatic rings. The Morgan fingerprint density at radius 3 is 2.48 bits per heavy atom. The zero-order valence-electron chi connectivity index (χ0n) is 12.9. The summed E-state index contributed by atoms with van der Waals surface area (Å²) in [5.74, 6) is -0.999. The van der Waals surface area contributed by atoms with Gasteiger partial charge >= 0.3 is 0 Å². The molecule has 2 aromatic carbocycles. The molecule has 25 heavy (non-hydrogen) atoms. The van der Waals surface area contributed by atoms with Crippen molar-refractivity contribution in [2.45, 2.75) is 0 Å². The number of carbonyl (C=O) groups is 1. The van der Waals surface area contributed by atoms with Crippen LogP contribution in [-0.2, 0) is 0 Å². The molecule has 0 spiro atoms. The maximum Gasteiger partial charge on any atom is 0.265 e. The van der Waals surface area contributed by atoms with Gasteiger partial charge in [0, 0.05) is 17.1 Å². The SMILES string of the molecule is O=C(c1ccccc1F)n1cc(-c2ccc(Cl)nn2)c2ccccc21.